The van der Waals surface area contributed by atoms with Crippen LogP contribution in [0.3, 0.4) is 0 Å². The van der Waals surface area contributed by atoms with Gasteiger partial charge in [0.05, 0.1) is 22.6 Å². The molecule has 0 amide bonds. The molecular formula is C17H18ClN3. The third-order valence-corrected chi connectivity index (χ3v) is 3.77. The minimum Gasteiger partial charge on any atom is -0.378 e. The Morgan fingerprint density at radius 2 is 1.90 bits per heavy atom. The van der Waals surface area contributed by atoms with Crippen molar-refractivity contribution < 1.29 is 0 Å². The normalized spacial score (nSPS) is 11.0. The lowest BCUT2D eigenvalue weighted by Crippen LogP contribution is -2.09. The summed E-state index contributed by atoms with van der Waals surface area (Å²) in [7, 11) is 0. The number of hydrogen-bond donors (Lipinski definition) is 1. The number of nitrogens with zero attached hydrogens (tertiary/aromatic N) is 2. The molecule has 0 bridgehead atoms. The van der Waals surface area contributed by atoms with E-state index in [9.17, 15) is 0 Å². The second kappa shape index (κ2) is 6.19. The molecule has 0 aliphatic rings. The van der Waals surface area contributed by atoms with Gasteiger partial charge in [-0.2, -0.15) is 0 Å². The zero-order chi connectivity index (χ0) is 14.7. The van der Waals surface area contributed by atoms with Crippen molar-refractivity contribution in [1.29, 1.82) is 0 Å². The number of halogens is 1. The van der Waals surface area contributed by atoms with E-state index in [2.05, 4.69) is 28.9 Å². The van der Waals surface area contributed by atoms with Crippen molar-refractivity contribution in [2.24, 2.45) is 0 Å². The molecule has 0 fully saturated rings. The van der Waals surface area contributed by atoms with E-state index in [0.29, 0.717) is 6.54 Å². The molecule has 0 saturated heterocycles. The molecule has 3 aromatic rings. The maximum Gasteiger partial charge on any atom is 0.129 e. The van der Waals surface area contributed by atoms with Gasteiger partial charge in [0.1, 0.15) is 5.82 Å². The monoisotopic (exact) mass is 299 g/mol. The Bertz CT molecular complexity index is 734. The molecule has 3 rings (SSSR count). The van der Waals surface area contributed by atoms with Crippen molar-refractivity contribution in [1.82, 2.24) is 9.55 Å². The van der Waals surface area contributed by atoms with Gasteiger partial charge in [0.15, 0.2) is 0 Å². The van der Waals surface area contributed by atoms with E-state index in [1.54, 1.807) is 0 Å². The smallest absolute Gasteiger partial charge is 0.129 e. The zero-order valence-corrected chi connectivity index (χ0v) is 12.8. The molecular weight excluding hydrogens is 282 g/mol. The molecule has 0 spiro atoms. The zero-order valence-electron chi connectivity index (χ0n) is 12.0. The maximum absolute atomic E-state index is 6.35. The number of anilines is 1. The summed E-state index contributed by atoms with van der Waals surface area (Å²) in [4.78, 5) is 4.72. The fourth-order valence-corrected chi connectivity index (χ4v) is 2.80. The van der Waals surface area contributed by atoms with E-state index in [-0.39, 0.29) is 0 Å². The third kappa shape index (κ3) is 2.88. The van der Waals surface area contributed by atoms with Crippen molar-refractivity contribution in [3.63, 3.8) is 0 Å². The molecule has 21 heavy (non-hydrogen) atoms. The van der Waals surface area contributed by atoms with Crippen molar-refractivity contribution >= 4 is 28.3 Å². The molecule has 4 heteroatoms. The lowest BCUT2D eigenvalue weighted by molar-refractivity contribution is 0.661. The van der Waals surface area contributed by atoms with Crippen LogP contribution in [0, 0.1) is 0 Å². The SMILES string of the molecule is CCCn1c(CNc2ccccc2)nc2cccc(Cl)c21. The fraction of sp³-hybridized carbons (Fsp3) is 0.235. The van der Waals surface area contributed by atoms with Crippen LogP contribution in [0.5, 0.6) is 0 Å². The molecule has 0 aliphatic heterocycles. The number of nitrogens with one attached hydrogen (secondary N) is 1. The van der Waals surface area contributed by atoms with Crippen LogP contribution in [0.15, 0.2) is 48.5 Å². The van der Waals surface area contributed by atoms with Crippen LogP contribution in [-0.4, -0.2) is 9.55 Å². The number of imidazole rings is 1. The third-order valence-electron chi connectivity index (χ3n) is 3.47. The van der Waals surface area contributed by atoms with Crippen LogP contribution >= 0.6 is 11.6 Å². The Labute approximate surface area is 129 Å². The molecule has 0 unspecified atom stereocenters. The van der Waals surface area contributed by atoms with Gasteiger partial charge in [-0.05, 0) is 30.7 Å². The van der Waals surface area contributed by atoms with Crippen LogP contribution < -0.4 is 5.32 Å². The molecule has 3 nitrogen and oxygen atoms in total. The quantitative estimate of drug-likeness (QED) is 0.739. The average Bonchev–Trinajstić information content (AvgIpc) is 2.86. The number of aromatic nitrogens is 2. The summed E-state index contributed by atoms with van der Waals surface area (Å²) in [6.07, 6.45) is 1.05. The first kappa shape index (κ1) is 14.0. The Kier molecular flexibility index (Phi) is 4.11. The van der Waals surface area contributed by atoms with Gasteiger partial charge in [0.2, 0.25) is 0 Å². The average molecular weight is 300 g/mol. The van der Waals surface area contributed by atoms with Gasteiger partial charge in [-0.25, -0.2) is 4.98 Å². The summed E-state index contributed by atoms with van der Waals surface area (Å²) in [5.41, 5.74) is 3.09. The first-order chi connectivity index (χ1) is 10.3. The van der Waals surface area contributed by atoms with Crippen molar-refractivity contribution in [3.05, 3.63) is 59.4 Å². The van der Waals surface area contributed by atoms with Gasteiger partial charge in [-0.15, -0.1) is 0 Å². The highest BCUT2D eigenvalue weighted by molar-refractivity contribution is 6.35. The second-order valence-electron chi connectivity index (χ2n) is 5.01. The van der Waals surface area contributed by atoms with Crippen molar-refractivity contribution in [2.75, 3.05) is 5.32 Å². The van der Waals surface area contributed by atoms with Crippen LogP contribution in [0.2, 0.25) is 5.02 Å². The topological polar surface area (TPSA) is 29.9 Å². The highest BCUT2D eigenvalue weighted by atomic mass is 35.5. The summed E-state index contributed by atoms with van der Waals surface area (Å²) in [5, 5.41) is 4.18. The summed E-state index contributed by atoms with van der Waals surface area (Å²) in [6, 6.07) is 16.0. The van der Waals surface area contributed by atoms with Crippen LogP contribution in [-0.2, 0) is 13.1 Å². The molecule has 0 aliphatic carbocycles. The number of rotatable bonds is 5. The molecule has 1 aromatic heterocycles. The van der Waals surface area contributed by atoms with Gasteiger partial charge in [0.25, 0.3) is 0 Å². The summed E-state index contributed by atoms with van der Waals surface area (Å²) in [6.45, 7) is 3.78. The summed E-state index contributed by atoms with van der Waals surface area (Å²) < 4.78 is 2.22. The van der Waals surface area contributed by atoms with Crippen LogP contribution in [0.1, 0.15) is 19.2 Å². The fourth-order valence-electron chi connectivity index (χ4n) is 2.53. The van der Waals surface area contributed by atoms with Crippen LogP contribution in [0.25, 0.3) is 11.0 Å². The highest BCUT2D eigenvalue weighted by Crippen LogP contribution is 2.25. The molecule has 1 N–H and O–H groups in total. The minimum absolute atomic E-state index is 0.690. The molecule has 0 atom stereocenters. The van der Waals surface area contributed by atoms with Gasteiger partial charge in [-0.1, -0.05) is 42.8 Å². The number of aryl methyl sites for hydroxylation is 1. The first-order valence-electron chi connectivity index (χ1n) is 7.22. The number of fused-ring (bicyclic) bond motifs is 1. The van der Waals surface area contributed by atoms with E-state index in [1.165, 1.54) is 0 Å². The van der Waals surface area contributed by atoms with Crippen LogP contribution in [0.4, 0.5) is 5.69 Å². The number of hydrogen-bond acceptors (Lipinski definition) is 2. The number of para-hydroxylation sites is 2. The molecule has 108 valence electrons. The Morgan fingerprint density at radius 3 is 2.67 bits per heavy atom. The van der Waals surface area contributed by atoms with Gasteiger partial charge < -0.3 is 9.88 Å². The number of benzene rings is 2. The standard InChI is InChI=1S/C17H18ClN3/c1-2-11-21-16(12-19-13-7-4-3-5-8-13)20-15-10-6-9-14(18)17(15)21/h3-10,19H,2,11-12H2,1H3. The first-order valence-corrected chi connectivity index (χ1v) is 7.60. The van der Waals surface area contributed by atoms with E-state index < -0.39 is 0 Å². The van der Waals surface area contributed by atoms with Gasteiger partial charge >= 0.3 is 0 Å². The second-order valence-corrected chi connectivity index (χ2v) is 5.41. The van der Waals surface area contributed by atoms with E-state index in [0.717, 1.165) is 40.5 Å². The minimum atomic E-state index is 0.690. The molecule has 2 aromatic carbocycles. The largest absolute Gasteiger partial charge is 0.378 e. The molecule has 0 radical (unpaired) electrons. The van der Waals surface area contributed by atoms with Gasteiger partial charge in [-0.3, -0.25) is 0 Å². The lowest BCUT2D eigenvalue weighted by Gasteiger charge is -2.10. The molecule has 0 saturated carbocycles. The molecule has 1 heterocycles. The predicted octanol–water partition coefficient (Wildman–Crippen LogP) is 4.71. The highest BCUT2D eigenvalue weighted by Gasteiger charge is 2.12. The Hall–Kier alpha value is -2.00. The van der Waals surface area contributed by atoms with Crippen molar-refractivity contribution in [2.45, 2.75) is 26.4 Å². The van der Waals surface area contributed by atoms with E-state index in [4.69, 9.17) is 16.6 Å². The Morgan fingerprint density at radius 1 is 1.10 bits per heavy atom. The van der Waals surface area contributed by atoms with Crippen molar-refractivity contribution in [3.8, 4) is 0 Å². The van der Waals surface area contributed by atoms with E-state index >= 15 is 0 Å². The summed E-state index contributed by atoms with van der Waals surface area (Å²) in [5.74, 6) is 1.02. The van der Waals surface area contributed by atoms with Gasteiger partial charge in [0, 0.05) is 12.2 Å². The van der Waals surface area contributed by atoms with E-state index in [1.807, 2.05) is 36.4 Å². The maximum atomic E-state index is 6.35. The predicted molar refractivity (Wildman–Crippen MR) is 88.8 cm³/mol. The lowest BCUT2D eigenvalue weighted by atomic mass is 10.3. The summed E-state index contributed by atoms with van der Waals surface area (Å²) >= 11 is 6.35. The Balaban J connectivity index is 1.94.